The van der Waals surface area contributed by atoms with Crippen LogP contribution in [-0.2, 0) is 0 Å². The van der Waals surface area contributed by atoms with Crippen molar-refractivity contribution in [1.82, 2.24) is 0 Å². The van der Waals surface area contributed by atoms with Crippen LogP contribution >= 0.6 is 0 Å². The Morgan fingerprint density at radius 1 is 0.867 bits per heavy atom. The molecule has 0 aromatic rings. The van der Waals surface area contributed by atoms with Gasteiger partial charge in [0.25, 0.3) is 0 Å². The van der Waals surface area contributed by atoms with Gasteiger partial charge < -0.3 is 15.3 Å². The van der Waals surface area contributed by atoms with Crippen molar-refractivity contribution in [2.75, 3.05) is 0 Å². The molecule has 0 aromatic heterocycles. The number of aliphatic hydroxyl groups is 3. The minimum absolute atomic E-state index is 0.0449. The van der Waals surface area contributed by atoms with Crippen LogP contribution in [0.2, 0.25) is 0 Å². The van der Waals surface area contributed by atoms with Gasteiger partial charge in [0.15, 0.2) is 0 Å². The molecular formula is C27H48O3. The Hall–Kier alpha value is -0.120. The normalized spacial score (nSPS) is 51.9. The molecule has 3 heteroatoms. The van der Waals surface area contributed by atoms with Crippen LogP contribution < -0.4 is 0 Å². The zero-order chi connectivity index (χ0) is 21.8. The van der Waals surface area contributed by atoms with Crippen LogP contribution in [0.25, 0.3) is 0 Å². The van der Waals surface area contributed by atoms with Crippen LogP contribution in [0.15, 0.2) is 0 Å². The monoisotopic (exact) mass is 420 g/mol. The highest BCUT2D eigenvalue weighted by Gasteiger charge is 2.65. The highest BCUT2D eigenvalue weighted by molar-refractivity contribution is 5.14. The average molecular weight is 421 g/mol. The van der Waals surface area contributed by atoms with Gasteiger partial charge in [0.1, 0.15) is 0 Å². The van der Waals surface area contributed by atoms with Crippen LogP contribution in [0, 0.1) is 52.3 Å². The van der Waals surface area contributed by atoms with E-state index < -0.39 is 0 Å². The van der Waals surface area contributed by atoms with E-state index in [2.05, 4.69) is 34.6 Å². The minimum Gasteiger partial charge on any atom is -0.393 e. The molecule has 3 nitrogen and oxygen atoms in total. The third-order valence-electron chi connectivity index (χ3n) is 11.0. The first-order chi connectivity index (χ1) is 14.1. The van der Waals surface area contributed by atoms with Crippen molar-refractivity contribution in [2.45, 2.75) is 117 Å². The number of hydrogen-bond donors (Lipinski definition) is 3. The molecule has 0 aliphatic heterocycles. The smallest absolute Gasteiger partial charge is 0.0602 e. The second kappa shape index (κ2) is 8.34. The lowest BCUT2D eigenvalue weighted by atomic mass is 9.43. The molecule has 0 aromatic carbocycles. The van der Waals surface area contributed by atoms with Gasteiger partial charge in [-0.05, 0) is 97.2 Å². The number of fused-ring (bicyclic) bond motifs is 5. The fourth-order valence-corrected chi connectivity index (χ4v) is 9.18. The largest absolute Gasteiger partial charge is 0.393 e. The van der Waals surface area contributed by atoms with Gasteiger partial charge in [-0.1, -0.05) is 53.9 Å². The van der Waals surface area contributed by atoms with Gasteiger partial charge in [-0.25, -0.2) is 0 Å². The maximum absolute atomic E-state index is 11.6. The van der Waals surface area contributed by atoms with E-state index in [1.165, 1.54) is 32.1 Å². The molecule has 3 N–H and O–H groups in total. The second-order valence-corrected chi connectivity index (χ2v) is 12.8. The molecular weight excluding hydrogens is 372 g/mol. The maximum Gasteiger partial charge on any atom is 0.0602 e. The SMILES string of the molecule is CC(C)CCC[C@@H](C)[C@H]1CC[C@H]2[C@@H]3[C@H](O)C[C@H]4C[C@H](O)CC[C@]4(C)[C@H]3C[C@H](O)[C@]12C. The van der Waals surface area contributed by atoms with Crippen LogP contribution in [0.4, 0.5) is 0 Å². The number of rotatable bonds is 5. The summed E-state index contributed by atoms with van der Waals surface area (Å²) in [5, 5.41) is 33.2. The summed E-state index contributed by atoms with van der Waals surface area (Å²) >= 11 is 0. The van der Waals surface area contributed by atoms with E-state index in [0.717, 1.165) is 38.0 Å². The lowest BCUT2D eigenvalue weighted by Crippen LogP contribution is -2.62. The van der Waals surface area contributed by atoms with E-state index in [4.69, 9.17) is 0 Å². The Balaban J connectivity index is 1.56. The van der Waals surface area contributed by atoms with Gasteiger partial charge >= 0.3 is 0 Å². The molecule has 0 amide bonds. The van der Waals surface area contributed by atoms with E-state index in [1.807, 2.05) is 0 Å². The average Bonchev–Trinajstić information content (AvgIpc) is 3.02. The minimum atomic E-state index is -0.259. The Morgan fingerprint density at radius 2 is 1.60 bits per heavy atom. The van der Waals surface area contributed by atoms with Crippen molar-refractivity contribution in [3.63, 3.8) is 0 Å². The van der Waals surface area contributed by atoms with Crippen molar-refractivity contribution in [2.24, 2.45) is 52.3 Å². The predicted molar refractivity (Wildman–Crippen MR) is 122 cm³/mol. The van der Waals surface area contributed by atoms with Crippen LogP contribution in [0.1, 0.15) is 98.8 Å². The van der Waals surface area contributed by atoms with Crippen LogP contribution in [0.5, 0.6) is 0 Å². The lowest BCUT2D eigenvalue weighted by molar-refractivity contribution is -0.207. The van der Waals surface area contributed by atoms with Gasteiger partial charge in [0.05, 0.1) is 18.3 Å². The summed E-state index contributed by atoms with van der Waals surface area (Å²) in [7, 11) is 0. The van der Waals surface area contributed by atoms with E-state index >= 15 is 0 Å². The topological polar surface area (TPSA) is 60.7 Å². The summed E-state index contributed by atoms with van der Waals surface area (Å²) in [4.78, 5) is 0. The predicted octanol–water partition coefficient (Wildman–Crippen LogP) is 5.41. The fourth-order valence-electron chi connectivity index (χ4n) is 9.18. The van der Waals surface area contributed by atoms with Crippen molar-refractivity contribution >= 4 is 0 Å². The standard InChI is InChI=1S/C27H48O3/c1-16(2)7-6-8-17(3)20-9-10-21-25-22(15-24(30)27(20,21)5)26(4)12-11-19(28)13-18(26)14-23(25)29/h16-25,28-30H,6-15H2,1-5H3/t17-,18-,19-,20-,21+,22+,23-,24+,25+,26+,27-/m1/s1. The first-order valence-electron chi connectivity index (χ1n) is 13.1. The molecule has 0 spiro atoms. The summed E-state index contributed by atoms with van der Waals surface area (Å²) in [6.07, 6.45) is 10.0. The third-order valence-corrected chi connectivity index (χ3v) is 11.0. The van der Waals surface area contributed by atoms with E-state index in [1.54, 1.807) is 0 Å². The fraction of sp³-hybridized carbons (Fsp3) is 1.00. The summed E-state index contributed by atoms with van der Waals surface area (Å²) in [6.45, 7) is 11.8. The number of aliphatic hydroxyl groups excluding tert-OH is 3. The summed E-state index contributed by atoms with van der Waals surface area (Å²) < 4.78 is 0. The summed E-state index contributed by atoms with van der Waals surface area (Å²) in [5.41, 5.74) is 0.128. The molecule has 0 heterocycles. The maximum atomic E-state index is 11.6. The van der Waals surface area contributed by atoms with Gasteiger partial charge in [-0.3, -0.25) is 0 Å². The molecule has 4 aliphatic carbocycles. The van der Waals surface area contributed by atoms with Gasteiger partial charge in [-0.15, -0.1) is 0 Å². The Bertz CT molecular complexity index is 605. The van der Waals surface area contributed by atoms with Gasteiger partial charge in [0.2, 0.25) is 0 Å². The van der Waals surface area contributed by atoms with Crippen molar-refractivity contribution in [1.29, 1.82) is 0 Å². The van der Waals surface area contributed by atoms with Crippen molar-refractivity contribution in [3.05, 3.63) is 0 Å². The molecule has 0 bridgehead atoms. The Kier molecular flexibility index (Phi) is 6.41. The van der Waals surface area contributed by atoms with Crippen molar-refractivity contribution < 1.29 is 15.3 Å². The Labute approximate surface area is 185 Å². The van der Waals surface area contributed by atoms with Crippen LogP contribution in [-0.4, -0.2) is 33.6 Å². The molecule has 4 rings (SSSR count). The number of hydrogen-bond acceptors (Lipinski definition) is 3. The molecule has 11 atom stereocenters. The Morgan fingerprint density at radius 3 is 2.30 bits per heavy atom. The van der Waals surface area contributed by atoms with E-state index in [9.17, 15) is 15.3 Å². The quantitative estimate of drug-likeness (QED) is 0.557. The molecule has 4 fully saturated rings. The van der Waals surface area contributed by atoms with E-state index in [0.29, 0.717) is 35.5 Å². The van der Waals surface area contributed by atoms with Gasteiger partial charge in [0, 0.05) is 0 Å². The highest BCUT2D eigenvalue weighted by atomic mass is 16.3. The van der Waals surface area contributed by atoms with Gasteiger partial charge in [-0.2, -0.15) is 0 Å². The zero-order valence-corrected chi connectivity index (χ0v) is 20.2. The molecule has 30 heavy (non-hydrogen) atoms. The molecule has 0 saturated heterocycles. The van der Waals surface area contributed by atoms with Crippen molar-refractivity contribution in [3.8, 4) is 0 Å². The third kappa shape index (κ3) is 3.59. The second-order valence-electron chi connectivity index (χ2n) is 12.8. The highest BCUT2D eigenvalue weighted by Crippen LogP contribution is 2.68. The zero-order valence-electron chi connectivity index (χ0n) is 20.2. The first-order valence-corrected chi connectivity index (χ1v) is 13.1. The molecule has 0 unspecified atom stereocenters. The van der Waals surface area contributed by atoms with Crippen LogP contribution in [0.3, 0.4) is 0 Å². The molecule has 4 saturated carbocycles. The molecule has 174 valence electrons. The lowest BCUT2D eigenvalue weighted by Gasteiger charge is -2.63. The first kappa shape index (κ1) is 23.1. The summed E-state index contributed by atoms with van der Waals surface area (Å²) in [5.74, 6) is 3.59. The van der Waals surface area contributed by atoms with E-state index in [-0.39, 0.29) is 29.1 Å². The molecule has 4 aliphatic rings. The summed E-state index contributed by atoms with van der Waals surface area (Å²) in [6, 6.07) is 0. The molecule has 0 radical (unpaired) electrons.